The van der Waals surface area contributed by atoms with Crippen molar-refractivity contribution < 1.29 is 9.90 Å². The number of fused-ring (bicyclic) bond motifs is 1. The van der Waals surface area contributed by atoms with Crippen LogP contribution in [0.4, 0.5) is 11.5 Å². The maximum absolute atomic E-state index is 11.1. The lowest BCUT2D eigenvalue weighted by Crippen LogP contribution is -2.22. The third kappa shape index (κ3) is 3.10. The molecule has 0 saturated carbocycles. The van der Waals surface area contributed by atoms with Crippen LogP contribution in [0, 0.1) is 0 Å². The van der Waals surface area contributed by atoms with Gasteiger partial charge in [-0.05, 0) is 29.8 Å². The number of anilines is 2. The lowest BCUT2D eigenvalue weighted by atomic mass is 10.1. The highest BCUT2D eigenvalue weighted by Gasteiger charge is 2.09. The topological polar surface area (TPSA) is 77.9 Å². The Kier molecular flexibility index (Phi) is 4.03. The zero-order valence-electron chi connectivity index (χ0n) is 13.7. The fourth-order valence-corrected chi connectivity index (χ4v) is 2.75. The molecule has 3 aromatic carbocycles. The summed E-state index contributed by atoms with van der Waals surface area (Å²) in [5.41, 5.74) is 2.44. The number of para-hydroxylation sites is 1. The zero-order chi connectivity index (χ0) is 17.9. The summed E-state index contributed by atoms with van der Waals surface area (Å²) < 4.78 is 0. The Morgan fingerprint density at radius 1 is 0.846 bits per heavy atom. The first-order chi connectivity index (χ1) is 12.7. The van der Waals surface area contributed by atoms with Gasteiger partial charge < -0.3 is 15.2 Å². The molecule has 0 radical (unpaired) electrons. The maximum atomic E-state index is 11.1. The van der Waals surface area contributed by atoms with Gasteiger partial charge in [0, 0.05) is 16.6 Å². The number of aromatic nitrogens is 2. The van der Waals surface area contributed by atoms with Crippen LogP contribution in [0.2, 0.25) is 0 Å². The minimum absolute atomic E-state index is 0.108. The molecule has 26 heavy (non-hydrogen) atoms. The van der Waals surface area contributed by atoms with Gasteiger partial charge in [0.05, 0.1) is 11.5 Å². The molecule has 0 unspecified atom stereocenters. The number of carbonyl (C=O) groups is 1. The molecular weight excluding hydrogens is 326 g/mol. The third-order valence-corrected chi connectivity index (χ3v) is 4.00. The van der Waals surface area contributed by atoms with Gasteiger partial charge in [0.1, 0.15) is 5.82 Å². The van der Waals surface area contributed by atoms with Crippen molar-refractivity contribution in [2.24, 2.45) is 0 Å². The Hall–Kier alpha value is -3.73. The number of carbonyl (C=O) groups excluding carboxylic acids is 1. The molecule has 4 rings (SSSR count). The van der Waals surface area contributed by atoms with Gasteiger partial charge in [0.15, 0.2) is 5.82 Å². The Balaban J connectivity index is 1.83. The van der Waals surface area contributed by atoms with Crippen molar-refractivity contribution in [1.82, 2.24) is 9.97 Å². The second kappa shape index (κ2) is 6.64. The average Bonchev–Trinajstić information content (AvgIpc) is 2.69. The van der Waals surface area contributed by atoms with Crippen LogP contribution in [-0.2, 0) is 0 Å². The van der Waals surface area contributed by atoms with E-state index in [2.05, 4.69) is 15.3 Å². The van der Waals surface area contributed by atoms with Gasteiger partial charge in [0.2, 0.25) is 0 Å². The summed E-state index contributed by atoms with van der Waals surface area (Å²) in [5.74, 6) is -0.000947. The molecule has 1 heterocycles. The van der Waals surface area contributed by atoms with E-state index >= 15 is 0 Å². The Labute approximate surface area is 150 Å². The number of aromatic carboxylic acids is 1. The number of benzene rings is 3. The van der Waals surface area contributed by atoms with Crippen LogP contribution in [0.5, 0.6) is 0 Å². The standard InChI is InChI=1S/C21H15N3O2/c25-21(26)15-9-6-10-16(13-15)22-20-17-11-4-5-12-18(17)23-19(24-20)14-7-2-1-3-8-14/h1-13H,(H,25,26)(H,22,23,24)/p-1. The van der Waals surface area contributed by atoms with Crippen LogP contribution in [0.1, 0.15) is 10.4 Å². The van der Waals surface area contributed by atoms with E-state index in [9.17, 15) is 9.90 Å². The molecule has 0 bridgehead atoms. The van der Waals surface area contributed by atoms with Gasteiger partial charge in [-0.15, -0.1) is 0 Å². The second-order valence-corrected chi connectivity index (χ2v) is 5.77. The summed E-state index contributed by atoms with van der Waals surface area (Å²) in [4.78, 5) is 20.4. The molecule has 5 nitrogen and oxygen atoms in total. The molecule has 0 aliphatic carbocycles. The summed E-state index contributed by atoms with van der Waals surface area (Å²) in [6.07, 6.45) is 0. The van der Waals surface area contributed by atoms with E-state index in [0.29, 0.717) is 17.3 Å². The smallest absolute Gasteiger partial charge is 0.162 e. The molecule has 4 aromatic rings. The lowest BCUT2D eigenvalue weighted by molar-refractivity contribution is -0.255. The number of hydrogen-bond donors (Lipinski definition) is 1. The maximum Gasteiger partial charge on any atom is 0.162 e. The van der Waals surface area contributed by atoms with E-state index < -0.39 is 5.97 Å². The SMILES string of the molecule is O=C([O-])c1cccc(Nc2nc(-c3ccccc3)nc3ccccc23)c1. The Morgan fingerprint density at radius 3 is 2.42 bits per heavy atom. The first-order valence-corrected chi connectivity index (χ1v) is 8.11. The summed E-state index contributed by atoms with van der Waals surface area (Å²) >= 11 is 0. The Bertz CT molecular complexity index is 1090. The molecule has 0 amide bonds. The van der Waals surface area contributed by atoms with Crippen molar-refractivity contribution in [3.63, 3.8) is 0 Å². The molecule has 0 fully saturated rings. The summed E-state index contributed by atoms with van der Waals surface area (Å²) in [7, 11) is 0. The van der Waals surface area contributed by atoms with E-state index in [0.717, 1.165) is 16.5 Å². The van der Waals surface area contributed by atoms with Crippen molar-refractivity contribution in [2.75, 3.05) is 5.32 Å². The van der Waals surface area contributed by atoms with E-state index in [1.54, 1.807) is 12.1 Å². The van der Waals surface area contributed by atoms with E-state index in [1.807, 2.05) is 54.6 Å². The highest BCUT2D eigenvalue weighted by Crippen LogP contribution is 2.27. The molecule has 0 aliphatic rings. The van der Waals surface area contributed by atoms with E-state index in [-0.39, 0.29) is 5.56 Å². The number of hydrogen-bond acceptors (Lipinski definition) is 5. The van der Waals surface area contributed by atoms with Crippen molar-refractivity contribution in [1.29, 1.82) is 0 Å². The van der Waals surface area contributed by atoms with Crippen molar-refractivity contribution >= 4 is 28.4 Å². The predicted octanol–water partition coefficient (Wildman–Crippen LogP) is 3.40. The molecule has 126 valence electrons. The van der Waals surface area contributed by atoms with Gasteiger partial charge in [0.25, 0.3) is 0 Å². The summed E-state index contributed by atoms with van der Waals surface area (Å²) in [6, 6.07) is 23.9. The third-order valence-electron chi connectivity index (χ3n) is 4.00. The first kappa shape index (κ1) is 15.8. The number of carboxylic acid groups (broad SMARTS) is 1. The van der Waals surface area contributed by atoms with Crippen LogP contribution >= 0.6 is 0 Å². The highest BCUT2D eigenvalue weighted by molar-refractivity contribution is 5.93. The molecule has 1 aromatic heterocycles. The number of rotatable bonds is 4. The monoisotopic (exact) mass is 340 g/mol. The molecule has 5 heteroatoms. The van der Waals surface area contributed by atoms with Gasteiger partial charge in [-0.2, -0.15) is 0 Å². The van der Waals surface area contributed by atoms with Crippen LogP contribution in [0.25, 0.3) is 22.3 Å². The van der Waals surface area contributed by atoms with Gasteiger partial charge >= 0.3 is 0 Å². The fraction of sp³-hybridized carbons (Fsp3) is 0. The molecule has 0 saturated heterocycles. The molecule has 0 atom stereocenters. The Morgan fingerprint density at radius 2 is 1.62 bits per heavy atom. The van der Waals surface area contributed by atoms with Crippen LogP contribution in [0.15, 0.2) is 78.9 Å². The number of nitrogens with one attached hydrogen (secondary N) is 1. The van der Waals surface area contributed by atoms with E-state index in [4.69, 9.17) is 0 Å². The quantitative estimate of drug-likeness (QED) is 0.616. The van der Waals surface area contributed by atoms with Crippen molar-refractivity contribution in [2.45, 2.75) is 0 Å². The minimum atomic E-state index is -1.22. The van der Waals surface area contributed by atoms with E-state index in [1.165, 1.54) is 12.1 Å². The molecule has 1 N–H and O–H groups in total. The largest absolute Gasteiger partial charge is 0.545 e. The minimum Gasteiger partial charge on any atom is -0.545 e. The molecule has 0 aliphatic heterocycles. The predicted molar refractivity (Wildman–Crippen MR) is 99.0 cm³/mol. The second-order valence-electron chi connectivity index (χ2n) is 5.77. The summed E-state index contributed by atoms with van der Waals surface area (Å²) in [5, 5.41) is 15.2. The van der Waals surface area contributed by atoms with Crippen LogP contribution < -0.4 is 10.4 Å². The van der Waals surface area contributed by atoms with Crippen LogP contribution in [-0.4, -0.2) is 15.9 Å². The summed E-state index contributed by atoms with van der Waals surface area (Å²) in [6.45, 7) is 0. The zero-order valence-corrected chi connectivity index (χ0v) is 13.7. The molecule has 0 spiro atoms. The van der Waals surface area contributed by atoms with Gasteiger partial charge in [-0.3, -0.25) is 0 Å². The average molecular weight is 340 g/mol. The van der Waals surface area contributed by atoms with Gasteiger partial charge in [-0.25, -0.2) is 9.97 Å². The number of carboxylic acids is 1. The van der Waals surface area contributed by atoms with Crippen LogP contribution in [0.3, 0.4) is 0 Å². The number of nitrogens with zero attached hydrogens (tertiary/aromatic N) is 2. The van der Waals surface area contributed by atoms with Gasteiger partial charge in [-0.1, -0.05) is 54.6 Å². The van der Waals surface area contributed by atoms with Crippen molar-refractivity contribution in [3.8, 4) is 11.4 Å². The highest BCUT2D eigenvalue weighted by atomic mass is 16.4. The molecular formula is C21H14N3O2-. The normalized spacial score (nSPS) is 10.6. The van der Waals surface area contributed by atoms with Crippen molar-refractivity contribution in [3.05, 3.63) is 84.4 Å². The fourth-order valence-electron chi connectivity index (χ4n) is 2.75. The lowest BCUT2D eigenvalue weighted by Gasteiger charge is -2.12. The first-order valence-electron chi connectivity index (χ1n) is 8.11.